The molecule has 1 rings (SSSR count). The second kappa shape index (κ2) is 3.39. The molecule has 1 heterocycles. The molecule has 0 saturated heterocycles. The van der Waals surface area contributed by atoms with Gasteiger partial charge in [-0.2, -0.15) is 10.4 Å². The van der Waals surface area contributed by atoms with Gasteiger partial charge >= 0.3 is 0 Å². The summed E-state index contributed by atoms with van der Waals surface area (Å²) in [6, 6.07) is 2.02. The van der Waals surface area contributed by atoms with Crippen molar-refractivity contribution < 1.29 is 0 Å². The molecular formula is C6H7BrN4. The van der Waals surface area contributed by atoms with E-state index in [-0.39, 0.29) is 0 Å². The normalized spacial score (nSPS) is 9.45. The summed E-state index contributed by atoms with van der Waals surface area (Å²) < 4.78 is 2.36. The van der Waals surface area contributed by atoms with Gasteiger partial charge in [-0.25, -0.2) is 4.68 Å². The monoisotopic (exact) mass is 214 g/mol. The van der Waals surface area contributed by atoms with Crippen LogP contribution in [0.4, 0.5) is 5.82 Å². The maximum atomic E-state index is 8.28. The van der Waals surface area contributed by atoms with Crippen LogP contribution in [-0.2, 0) is 6.54 Å². The van der Waals surface area contributed by atoms with E-state index in [0.717, 1.165) is 4.47 Å². The number of hydrogen-bond donors (Lipinski definition) is 1. The number of nitrogens with zero attached hydrogens (tertiary/aromatic N) is 3. The van der Waals surface area contributed by atoms with E-state index < -0.39 is 0 Å². The molecule has 58 valence electrons. The summed E-state index contributed by atoms with van der Waals surface area (Å²) in [5.74, 6) is 0.570. The van der Waals surface area contributed by atoms with Gasteiger partial charge in [-0.15, -0.1) is 0 Å². The number of hydrogen-bond acceptors (Lipinski definition) is 3. The minimum Gasteiger partial charge on any atom is -0.383 e. The topological polar surface area (TPSA) is 67.6 Å². The summed E-state index contributed by atoms with van der Waals surface area (Å²) in [7, 11) is 0. The summed E-state index contributed by atoms with van der Waals surface area (Å²) in [6.07, 6.45) is 2.05. The lowest BCUT2D eigenvalue weighted by molar-refractivity contribution is 0.637. The second-order valence-corrected chi connectivity index (χ2v) is 2.86. The molecular weight excluding hydrogens is 208 g/mol. The van der Waals surface area contributed by atoms with Crippen LogP contribution in [0.15, 0.2) is 10.7 Å². The highest BCUT2D eigenvalue weighted by atomic mass is 79.9. The van der Waals surface area contributed by atoms with Gasteiger partial charge < -0.3 is 5.73 Å². The van der Waals surface area contributed by atoms with Crippen molar-refractivity contribution in [2.24, 2.45) is 0 Å². The number of aromatic nitrogens is 2. The molecule has 4 nitrogen and oxygen atoms in total. The fourth-order valence-electron chi connectivity index (χ4n) is 0.706. The van der Waals surface area contributed by atoms with Crippen molar-refractivity contribution >= 4 is 21.7 Å². The molecule has 11 heavy (non-hydrogen) atoms. The van der Waals surface area contributed by atoms with Crippen molar-refractivity contribution in [3.63, 3.8) is 0 Å². The fraction of sp³-hybridized carbons (Fsp3) is 0.333. The first-order valence-corrected chi connectivity index (χ1v) is 3.88. The standard InChI is InChI=1S/C6H7BrN4/c7-5-4-10-11(6(5)9)3-1-2-8/h4H,1,3,9H2. The smallest absolute Gasteiger partial charge is 0.136 e. The lowest BCUT2D eigenvalue weighted by atomic mass is 10.5. The average Bonchev–Trinajstić information content (AvgIpc) is 2.31. The van der Waals surface area contributed by atoms with Gasteiger partial charge in [0, 0.05) is 0 Å². The largest absolute Gasteiger partial charge is 0.383 e. The SMILES string of the molecule is N#CCCn1ncc(Br)c1N. The van der Waals surface area contributed by atoms with Gasteiger partial charge in [0.2, 0.25) is 0 Å². The highest BCUT2D eigenvalue weighted by Gasteiger charge is 2.02. The number of nitriles is 1. The number of nitrogens with two attached hydrogens (primary N) is 1. The van der Waals surface area contributed by atoms with Crippen LogP contribution >= 0.6 is 15.9 Å². The molecule has 0 saturated carbocycles. The number of aryl methyl sites for hydroxylation is 1. The summed E-state index contributed by atoms with van der Waals surface area (Å²) >= 11 is 3.22. The lowest BCUT2D eigenvalue weighted by Gasteiger charge is -1.98. The van der Waals surface area contributed by atoms with Crippen molar-refractivity contribution in [2.75, 3.05) is 5.73 Å². The van der Waals surface area contributed by atoms with Crippen molar-refractivity contribution in [2.45, 2.75) is 13.0 Å². The van der Waals surface area contributed by atoms with E-state index in [1.165, 1.54) is 0 Å². The Morgan fingerprint density at radius 3 is 3.00 bits per heavy atom. The van der Waals surface area contributed by atoms with E-state index >= 15 is 0 Å². The number of rotatable bonds is 2. The third kappa shape index (κ3) is 1.71. The van der Waals surface area contributed by atoms with E-state index in [1.54, 1.807) is 10.9 Å². The quantitative estimate of drug-likeness (QED) is 0.804. The Labute approximate surface area is 72.7 Å². The van der Waals surface area contributed by atoms with Gasteiger partial charge in [0.1, 0.15) is 5.82 Å². The highest BCUT2D eigenvalue weighted by Crippen LogP contribution is 2.17. The second-order valence-electron chi connectivity index (χ2n) is 2.01. The molecule has 0 aliphatic carbocycles. The molecule has 0 unspecified atom stereocenters. The molecule has 0 aromatic carbocycles. The molecule has 0 amide bonds. The van der Waals surface area contributed by atoms with Crippen molar-refractivity contribution in [3.05, 3.63) is 10.7 Å². The molecule has 0 spiro atoms. The molecule has 1 aromatic rings. The van der Waals surface area contributed by atoms with Crippen LogP contribution in [-0.4, -0.2) is 9.78 Å². The van der Waals surface area contributed by atoms with Crippen molar-refractivity contribution in [1.29, 1.82) is 5.26 Å². The first-order valence-electron chi connectivity index (χ1n) is 3.09. The zero-order chi connectivity index (χ0) is 8.27. The van der Waals surface area contributed by atoms with E-state index in [1.807, 2.05) is 6.07 Å². The zero-order valence-corrected chi connectivity index (χ0v) is 7.37. The summed E-state index contributed by atoms with van der Waals surface area (Å²) in [5, 5.41) is 12.2. The van der Waals surface area contributed by atoms with Gasteiger partial charge in [0.25, 0.3) is 0 Å². The van der Waals surface area contributed by atoms with E-state index in [0.29, 0.717) is 18.8 Å². The van der Waals surface area contributed by atoms with Crippen molar-refractivity contribution in [1.82, 2.24) is 9.78 Å². The number of anilines is 1. The summed E-state index contributed by atoms with van der Waals surface area (Å²) in [6.45, 7) is 0.550. The van der Waals surface area contributed by atoms with Crippen LogP contribution in [0, 0.1) is 11.3 Å². The molecule has 0 aliphatic rings. The molecule has 0 fully saturated rings. The Hall–Kier alpha value is -1.02. The van der Waals surface area contributed by atoms with Crippen LogP contribution in [0.1, 0.15) is 6.42 Å². The molecule has 0 radical (unpaired) electrons. The van der Waals surface area contributed by atoms with E-state index in [4.69, 9.17) is 11.0 Å². The number of halogens is 1. The molecule has 2 N–H and O–H groups in total. The van der Waals surface area contributed by atoms with Crippen LogP contribution in [0.5, 0.6) is 0 Å². The Kier molecular flexibility index (Phi) is 2.49. The fourth-order valence-corrected chi connectivity index (χ4v) is 1.00. The van der Waals surface area contributed by atoms with E-state index in [2.05, 4.69) is 21.0 Å². The Bertz CT molecular complexity index is 285. The van der Waals surface area contributed by atoms with Crippen LogP contribution in [0.2, 0.25) is 0 Å². The Balaban J connectivity index is 2.72. The first kappa shape index (κ1) is 8.08. The van der Waals surface area contributed by atoms with Gasteiger partial charge in [0.15, 0.2) is 0 Å². The van der Waals surface area contributed by atoms with Crippen LogP contribution in [0.3, 0.4) is 0 Å². The van der Waals surface area contributed by atoms with Gasteiger partial charge in [-0.05, 0) is 15.9 Å². The average molecular weight is 215 g/mol. The molecule has 5 heteroatoms. The number of nitrogen functional groups attached to an aromatic ring is 1. The molecule has 0 atom stereocenters. The summed E-state index contributed by atoms with van der Waals surface area (Å²) in [5.41, 5.74) is 5.59. The predicted octanol–water partition coefficient (Wildman–Crippen LogP) is 1.14. The Morgan fingerprint density at radius 2 is 2.55 bits per heavy atom. The molecule has 0 aliphatic heterocycles. The lowest BCUT2D eigenvalue weighted by Crippen LogP contribution is -2.03. The van der Waals surface area contributed by atoms with E-state index in [9.17, 15) is 0 Å². The minimum atomic E-state index is 0.429. The first-order chi connectivity index (χ1) is 5.25. The Morgan fingerprint density at radius 1 is 1.82 bits per heavy atom. The highest BCUT2D eigenvalue weighted by molar-refractivity contribution is 9.10. The molecule has 0 bridgehead atoms. The van der Waals surface area contributed by atoms with Crippen LogP contribution < -0.4 is 5.73 Å². The molecule has 1 aromatic heterocycles. The van der Waals surface area contributed by atoms with Gasteiger partial charge in [0.05, 0.1) is 29.7 Å². The third-order valence-corrected chi connectivity index (χ3v) is 1.88. The maximum absolute atomic E-state index is 8.28. The van der Waals surface area contributed by atoms with Gasteiger partial charge in [-0.3, -0.25) is 0 Å². The van der Waals surface area contributed by atoms with Gasteiger partial charge in [-0.1, -0.05) is 0 Å². The van der Waals surface area contributed by atoms with Crippen molar-refractivity contribution in [3.8, 4) is 6.07 Å². The maximum Gasteiger partial charge on any atom is 0.136 e. The zero-order valence-electron chi connectivity index (χ0n) is 5.79. The third-order valence-electron chi connectivity index (χ3n) is 1.27. The summed E-state index contributed by atoms with van der Waals surface area (Å²) in [4.78, 5) is 0. The predicted molar refractivity (Wildman–Crippen MR) is 44.6 cm³/mol. The van der Waals surface area contributed by atoms with Crippen LogP contribution in [0.25, 0.3) is 0 Å². The minimum absolute atomic E-state index is 0.429.